The first-order chi connectivity index (χ1) is 9.12. The van der Waals surface area contributed by atoms with Crippen molar-refractivity contribution >= 4 is 33.5 Å². The van der Waals surface area contributed by atoms with Crippen molar-refractivity contribution in [2.24, 2.45) is 0 Å². The Bertz CT molecular complexity index is 474. The largest absolute Gasteiger partial charge is 0.495 e. The van der Waals surface area contributed by atoms with E-state index in [2.05, 4.69) is 15.9 Å². The third-order valence-corrected chi connectivity index (χ3v) is 3.01. The number of ether oxygens (including phenoxy) is 3. The minimum absolute atomic E-state index is 0.310. The number of hydrogen-bond acceptors (Lipinski definition) is 4. The van der Waals surface area contributed by atoms with E-state index in [9.17, 15) is 4.79 Å². The van der Waals surface area contributed by atoms with E-state index in [0.29, 0.717) is 34.2 Å². The standard InChI is InChI=1S/C13H14BrClO4/c1-3-18-12(16)7-9(8-14)19-11-6-4-5-10(17-2)13(11)15/h4-7H,3,8H2,1-2H3/b9-7-. The van der Waals surface area contributed by atoms with E-state index in [1.165, 1.54) is 13.2 Å². The number of methoxy groups -OCH3 is 1. The summed E-state index contributed by atoms with van der Waals surface area (Å²) in [5.41, 5.74) is 0. The van der Waals surface area contributed by atoms with Crippen LogP contribution in [0.1, 0.15) is 6.92 Å². The van der Waals surface area contributed by atoms with Gasteiger partial charge in [0.15, 0.2) is 0 Å². The van der Waals surface area contributed by atoms with Crippen molar-refractivity contribution in [3.8, 4) is 11.5 Å². The van der Waals surface area contributed by atoms with Crippen LogP contribution in [0, 0.1) is 0 Å². The molecule has 0 aliphatic rings. The maximum absolute atomic E-state index is 11.4. The van der Waals surface area contributed by atoms with Crippen LogP contribution in [-0.2, 0) is 9.53 Å². The highest BCUT2D eigenvalue weighted by molar-refractivity contribution is 9.09. The molecule has 0 aliphatic heterocycles. The van der Waals surface area contributed by atoms with Crippen LogP contribution in [-0.4, -0.2) is 25.0 Å². The van der Waals surface area contributed by atoms with Gasteiger partial charge >= 0.3 is 5.97 Å². The van der Waals surface area contributed by atoms with Gasteiger partial charge in [-0.1, -0.05) is 33.6 Å². The molecule has 0 spiro atoms. The number of esters is 1. The monoisotopic (exact) mass is 348 g/mol. The summed E-state index contributed by atoms with van der Waals surface area (Å²) >= 11 is 9.34. The second-order valence-electron chi connectivity index (χ2n) is 3.37. The Kier molecular flexibility index (Phi) is 6.73. The topological polar surface area (TPSA) is 44.8 Å². The van der Waals surface area contributed by atoms with Crippen molar-refractivity contribution in [1.29, 1.82) is 0 Å². The number of carbonyl (C=O) groups is 1. The first-order valence-electron chi connectivity index (χ1n) is 5.56. The summed E-state index contributed by atoms with van der Waals surface area (Å²) in [6.45, 7) is 2.05. The third kappa shape index (κ3) is 4.76. The molecule has 0 fully saturated rings. The van der Waals surface area contributed by atoms with Gasteiger partial charge in [0, 0.05) is 0 Å². The molecule has 104 valence electrons. The lowest BCUT2D eigenvalue weighted by Gasteiger charge is -2.11. The second kappa shape index (κ2) is 8.07. The van der Waals surface area contributed by atoms with Gasteiger partial charge in [0.1, 0.15) is 22.3 Å². The van der Waals surface area contributed by atoms with Crippen LogP contribution in [0.2, 0.25) is 5.02 Å². The molecule has 4 nitrogen and oxygen atoms in total. The van der Waals surface area contributed by atoms with Crippen molar-refractivity contribution in [3.05, 3.63) is 35.1 Å². The number of alkyl halides is 1. The van der Waals surface area contributed by atoms with Crippen LogP contribution in [0.4, 0.5) is 0 Å². The lowest BCUT2D eigenvalue weighted by atomic mass is 10.3. The highest BCUT2D eigenvalue weighted by Gasteiger charge is 2.10. The van der Waals surface area contributed by atoms with Gasteiger partial charge in [-0.2, -0.15) is 0 Å². The Balaban J connectivity index is 2.90. The van der Waals surface area contributed by atoms with E-state index in [0.717, 1.165) is 0 Å². The van der Waals surface area contributed by atoms with E-state index in [-0.39, 0.29) is 0 Å². The normalized spacial score (nSPS) is 11.1. The molecule has 0 heterocycles. The number of hydrogen-bond donors (Lipinski definition) is 0. The van der Waals surface area contributed by atoms with Gasteiger partial charge in [0.25, 0.3) is 0 Å². The third-order valence-electron chi connectivity index (χ3n) is 2.09. The summed E-state index contributed by atoms with van der Waals surface area (Å²) in [5, 5.41) is 0.708. The fraction of sp³-hybridized carbons (Fsp3) is 0.308. The summed E-state index contributed by atoms with van der Waals surface area (Å²) in [6, 6.07) is 5.15. The van der Waals surface area contributed by atoms with Gasteiger partial charge in [-0.3, -0.25) is 0 Å². The molecule has 0 bridgehead atoms. The number of allylic oxidation sites excluding steroid dienone is 1. The molecule has 0 radical (unpaired) electrons. The molecule has 1 aromatic carbocycles. The molecular weight excluding hydrogens is 335 g/mol. The van der Waals surface area contributed by atoms with Gasteiger partial charge in [0.05, 0.1) is 25.1 Å². The first kappa shape index (κ1) is 15.9. The number of carbonyl (C=O) groups excluding carboxylic acids is 1. The molecule has 0 aromatic heterocycles. The molecule has 1 rings (SSSR count). The summed E-state index contributed by atoms with van der Waals surface area (Å²) < 4.78 is 15.5. The Morgan fingerprint density at radius 2 is 2.11 bits per heavy atom. The van der Waals surface area contributed by atoms with E-state index >= 15 is 0 Å². The van der Waals surface area contributed by atoms with Crippen LogP contribution in [0.3, 0.4) is 0 Å². The highest BCUT2D eigenvalue weighted by Crippen LogP contribution is 2.34. The van der Waals surface area contributed by atoms with Gasteiger partial charge in [-0.05, 0) is 19.1 Å². The van der Waals surface area contributed by atoms with Crippen LogP contribution >= 0.6 is 27.5 Å². The minimum Gasteiger partial charge on any atom is -0.495 e. The predicted molar refractivity (Wildman–Crippen MR) is 77.1 cm³/mol. The van der Waals surface area contributed by atoms with E-state index in [1.807, 2.05) is 0 Å². The van der Waals surface area contributed by atoms with Crippen LogP contribution in [0.15, 0.2) is 30.0 Å². The fourth-order valence-electron chi connectivity index (χ4n) is 1.28. The van der Waals surface area contributed by atoms with Crippen molar-refractivity contribution in [2.45, 2.75) is 6.92 Å². The summed E-state index contributed by atoms with van der Waals surface area (Å²) in [6.07, 6.45) is 1.27. The van der Waals surface area contributed by atoms with Crippen LogP contribution < -0.4 is 9.47 Å². The lowest BCUT2D eigenvalue weighted by Crippen LogP contribution is -2.05. The molecule has 19 heavy (non-hydrogen) atoms. The quantitative estimate of drug-likeness (QED) is 0.341. The molecule has 0 atom stereocenters. The highest BCUT2D eigenvalue weighted by atomic mass is 79.9. The minimum atomic E-state index is -0.462. The maximum Gasteiger partial charge on any atom is 0.334 e. The molecule has 0 amide bonds. The van der Waals surface area contributed by atoms with Gasteiger partial charge in [-0.15, -0.1) is 0 Å². The van der Waals surface area contributed by atoms with E-state index in [4.69, 9.17) is 25.8 Å². The molecular formula is C13H14BrClO4. The molecule has 1 aromatic rings. The molecule has 0 saturated carbocycles. The Morgan fingerprint density at radius 1 is 1.42 bits per heavy atom. The Morgan fingerprint density at radius 3 is 2.68 bits per heavy atom. The summed E-state index contributed by atoms with van der Waals surface area (Å²) in [4.78, 5) is 11.4. The van der Waals surface area contributed by atoms with Gasteiger partial charge in [-0.25, -0.2) is 4.79 Å². The van der Waals surface area contributed by atoms with Crippen molar-refractivity contribution in [3.63, 3.8) is 0 Å². The van der Waals surface area contributed by atoms with E-state index < -0.39 is 5.97 Å². The smallest absolute Gasteiger partial charge is 0.334 e. The van der Waals surface area contributed by atoms with Crippen molar-refractivity contribution < 1.29 is 19.0 Å². The number of rotatable bonds is 6. The zero-order valence-corrected chi connectivity index (χ0v) is 13.0. The van der Waals surface area contributed by atoms with Gasteiger partial charge in [0.2, 0.25) is 0 Å². The first-order valence-corrected chi connectivity index (χ1v) is 7.06. The average molecular weight is 350 g/mol. The van der Waals surface area contributed by atoms with Crippen LogP contribution in [0.25, 0.3) is 0 Å². The lowest BCUT2D eigenvalue weighted by molar-refractivity contribution is -0.137. The second-order valence-corrected chi connectivity index (χ2v) is 4.31. The van der Waals surface area contributed by atoms with Crippen molar-refractivity contribution in [1.82, 2.24) is 0 Å². The van der Waals surface area contributed by atoms with Crippen molar-refractivity contribution in [2.75, 3.05) is 19.0 Å². The zero-order chi connectivity index (χ0) is 14.3. The summed E-state index contributed by atoms with van der Waals surface area (Å²) in [7, 11) is 1.52. The fourth-order valence-corrected chi connectivity index (χ4v) is 1.80. The molecule has 6 heteroatoms. The molecule has 0 aliphatic carbocycles. The number of benzene rings is 1. The number of halogens is 2. The molecule has 0 saturated heterocycles. The Hall–Kier alpha value is -1.20. The van der Waals surface area contributed by atoms with Gasteiger partial charge < -0.3 is 14.2 Å². The average Bonchev–Trinajstić information content (AvgIpc) is 2.40. The van der Waals surface area contributed by atoms with E-state index in [1.54, 1.807) is 25.1 Å². The predicted octanol–water partition coefficient (Wildman–Crippen LogP) is 3.57. The van der Waals surface area contributed by atoms with Crippen LogP contribution in [0.5, 0.6) is 11.5 Å². The summed E-state index contributed by atoms with van der Waals surface area (Å²) in [5.74, 6) is 0.852. The zero-order valence-electron chi connectivity index (χ0n) is 10.6. The maximum atomic E-state index is 11.4. The molecule has 0 N–H and O–H groups in total. The SMILES string of the molecule is CCOC(=O)/C=C(/CBr)Oc1cccc(OC)c1Cl. The molecule has 0 unspecified atom stereocenters. The Labute approximate surface area is 125 Å².